The standard InChI is InChI=1S/C22H17FN4O2S2/c23-14-6-8-16(9-7-14)24-20(28)13-30-22-27-18-11-10-17(12-19(18)31-22)26-21(29)25-15-4-2-1-3-5-15/h1-12H,13H2,(H,24,28)(H2,25,26,29). The molecule has 0 unspecified atom stereocenters. The summed E-state index contributed by atoms with van der Waals surface area (Å²) in [6, 6.07) is 19.9. The second-order valence-electron chi connectivity index (χ2n) is 6.45. The van der Waals surface area contributed by atoms with E-state index in [-0.39, 0.29) is 23.5 Å². The zero-order chi connectivity index (χ0) is 21.6. The van der Waals surface area contributed by atoms with Gasteiger partial charge in [-0.2, -0.15) is 0 Å². The molecule has 3 N–H and O–H groups in total. The molecule has 1 aromatic heterocycles. The Hall–Kier alpha value is -3.43. The van der Waals surface area contributed by atoms with Gasteiger partial charge in [-0.15, -0.1) is 11.3 Å². The predicted molar refractivity (Wildman–Crippen MR) is 124 cm³/mol. The lowest BCUT2D eigenvalue weighted by atomic mass is 10.3. The second kappa shape index (κ2) is 9.59. The number of fused-ring (bicyclic) bond motifs is 1. The molecule has 0 aliphatic heterocycles. The first-order chi connectivity index (χ1) is 15.0. The van der Waals surface area contributed by atoms with Crippen molar-refractivity contribution in [2.24, 2.45) is 0 Å². The highest BCUT2D eigenvalue weighted by Gasteiger charge is 2.10. The van der Waals surface area contributed by atoms with E-state index in [0.717, 1.165) is 14.6 Å². The zero-order valence-electron chi connectivity index (χ0n) is 16.1. The normalized spacial score (nSPS) is 10.6. The van der Waals surface area contributed by atoms with Gasteiger partial charge in [-0.3, -0.25) is 4.79 Å². The van der Waals surface area contributed by atoms with Crippen molar-refractivity contribution in [3.63, 3.8) is 0 Å². The molecule has 6 nitrogen and oxygen atoms in total. The number of nitrogens with zero attached hydrogens (tertiary/aromatic N) is 1. The first kappa shape index (κ1) is 20.8. The Morgan fingerprint density at radius 3 is 2.32 bits per heavy atom. The van der Waals surface area contributed by atoms with Crippen LogP contribution in [0.3, 0.4) is 0 Å². The van der Waals surface area contributed by atoms with Gasteiger partial charge in [0.25, 0.3) is 0 Å². The van der Waals surface area contributed by atoms with Gasteiger partial charge >= 0.3 is 6.03 Å². The van der Waals surface area contributed by atoms with Crippen molar-refractivity contribution in [2.45, 2.75) is 4.34 Å². The Morgan fingerprint density at radius 1 is 0.871 bits per heavy atom. The molecule has 4 aromatic rings. The van der Waals surface area contributed by atoms with Crippen LogP contribution in [0.2, 0.25) is 0 Å². The third-order valence-electron chi connectivity index (χ3n) is 4.11. The molecule has 4 rings (SSSR count). The van der Waals surface area contributed by atoms with Gasteiger partial charge in [0.1, 0.15) is 5.82 Å². The fraction of sp³-hybridized carbons (Fsp3) is 0.0455. The minimum atomic E-state index is -0.353. The van der Waals surface area contributed by atoms with E-state index in [1.54, 1.807) is 6.07 Å². The summed E-state index contributed by atoms with van der Waals surface area (Å²) in [6.07, 6.45) is 0. The van der Waals surface area contributed by atoms with Gasteiger partial charge in [0.05, 0.1) is 16.0 Å². The maximum atomic E-state index is 12.9. The Morgan fingerprint density at radius 2 is 1.55 bits per heavy atom. The largest absolute Gasteiger partial charge is 0.325 e. The average molecular weight is 453 g/mol. The smallest absolute Gasteiger partial charge is 0.323 e. The zero-order valence-corrected chi connectivity index (χ0v) is 17.7. The number of amides is 3. The highest BCUT2D eigenvalue weighted by atomic mass is 32.2. The van der Waals surface area contributed by atoms with Crippen LogP contribution < -0.4 is 16.0 Å². The average Bonchev–Trinajstić information content (AvgIpc) is 3.17. The van der Waals surface area contributed by atoms with Crippen molar-refractivity contribution < 1.29 is 14.0 Å². The van der Waals surface area contributed by atoms with E-state index < -0.39 is 0 Å². The number of thioether (sulfide) groups is 1. The van der Waals surface area contributed by atoms with Crippen LogP contribution in [0, 0.1) is 5.82 Å². The first-order valence-corrected chi connectivity index (χ1v) is 11.1. The molecular weight excluding hydrogens is 435 g/mol. The second-order valence-corrected chi connectivity index (χ2v) is 8.70. The van der Waals surface area contributed by atoms with Crippen molar-refractivity contribution in [2.75, 3.05) is 21.7 Å². The van der Waals surface area contributed by atoms with Crippen LogP contribution in [0.5, 0.6) is 0 Å². The number of urea groups is 1. The first-order valence-electron chi connectivity index (χ1n) is 9.27. The molecule has 31 heavy (non-hydrogen) atoms. The number of hydrogen-bond donors (Lipinski definition) is 3. The molecule has 0 bridgehead atoms. The lowest BCUT2D eigenvalue weighted by molar-refractivity contribution is -0.113. The highest BCUT2D eigenvalue weighted by Crippen LogP contribution is 2.31. The van der Waals surface area contributed by atoms with Crippen LogP contribution >= 0.6 is 23.1 Å². The predicted octanol–water partition coefficient (Wildman–Crippen LogP) is 5.81. The van der Waals surface area contributed by atoms with Crippen LogP contribution in [0.25, 0.3) is 10.2 Å². The van der Waals surface area contributed by atoms with Crippen LogP contribution in [0.1, 0.15) is 0 Å². The molecule has 0 saturated heterocycles. The number of thiazole rings is 1. The van der Waals surface area contributed by atoms with E-state index >= 15 is 0 Å². The molecular formula is C22H17FN4O2S2. The summed E-state index contributed by atoms with van der Waals surface area (Å²) >= 11 is 2.76. The van der Waals surface area contributed by atoms with Gasteiger partial charge in [-0.25, -0.2) is 14.2 Å². The van der Waals surface area contributed by atoms with E-state index in [1.807, 2.05) is 42.5 Å². The lowest BCUT2D eigenvalue weighted by Gasteiger charge is -2.07. The number of halogens is 1. The summed E-state index contributed by atoms with van der Waals surface area (Å²) in [5.41, 5.74) is 2.69. The number of rotatable bonds is 6. The summed E-state index contributed by atoms with van der Waals surface area (Å²) in [4.78, 5) is 28.8. The minimum absolute atomic E-state index is 0.182. The third-order valence-corrected chi connectivity index (χ3v) is 6.27. The molecule has 0 aliphatic rings. The fourth-order valence-electron chi connectivity index (χ4n) is 2.72. The fourth-order valence-corrected chi connectivity index (χ4v) is 4.62. The molecule has 0 fully saturated rings. The quantitative estimate of drug-likeness (QED) is 0.322. The number of hydrogen-bond acceptors (Lipinski definition) is 5. The maximum Gasteiger partial charge on any atom is 0.323 e. The van der Waals surface area contributed by atoms with Gasteiger partial charge in [-0.1, -0.05) is 30.0 Å². The van der Waals surface area contributed by atoms with Crippen LogP contribution in [-0.2, 0) is 4.79 Å². The van der Waals surface area contributed by atoms with E-state index in [4.69, 9.17) is 0 Å². The molecule has 156 valence electrons. The Bertz CT molecular complexity index is 1210. The molecule has 9 heteroatoms. The number of aromatic nitrogens is 1. The van der Waals surface area contributed by atoms with Crippen molar-refractivity contribution in [3.8, 4) is 0 Å². The summed E-state index contributed by atoms with van der Waals surface area (Å²) in [5.74, 6) is -0.369. The number of carbonyl (C=O) groups is 2. The Balaban J connectivity index is 1.34. The van der Waals surface area contributed by atoms with Crippen LogP contribution in [-0.4, -0.2) is 22.7 Å². The van der Waals surface area contributed by atoms with Crippen LogP contribution in [0.15, 0.2) is 77.1 Å². The molecule has 0 radical (unpaired) electrons. The maximum absolute atomic E-state index is 12.9. The van der Waals surface area contributed by atoms with Crippen molar-refractivity contribution >= 4 is 62.3 Å². The van der Waals surface area contributed by atoms with Crippen molar-refractivity contribution in [3.05, 3.63) is 78.6 Å². The topological polar surface area (TPSA) is 83.1 Å². The highest BCUT2D eigenvalue weighted by molar-refractivity contribution is 8.01. The van der Waals surface area contributed by atoms with Gasteiger partial charge in [0.2, 0.25) is 5.91 Å². The monoisotopic (exact) mass is 452 g/mol. The van der Waals surface area contributed by atoms with E-state index in [2.05, 4.69) is 20.9 Å². The number of anilines is 3. The summed E-state index contributed by atoms with van der Waals surface area (Å²) in [5, 5.41) is 8.29. The molecule has 3 amide bonds. The van der Waals surface area contributed by atoms with Gasteiger partial charge in [0, 0.05) is 17.1 Å². The molecule has 0 atom stereocenters. The Labute approximate surface area is 185 Å². The minimum Gasteiger partial charge on any atom is -0.325 e. The summed E-state index contributed by atoms with van der Waals surface area (Å²) < 4.78 is 14.6. The number of benzene rings is 3. The molecule has 1 heterocycles. The third kappa shape index (κ3) is 5.80. The summed E-state index contributed by atoms with van der Waals surface area (Å²) in [7, 11) is 0. The number of nitrogens with one attached hydrogen (secondary N) is 3. The number of para-hydroxylation sites is 1. The van der Waals surface area contributed by atoms with E-state index in [0.29, 0.717) is 17.1 Å². The molecule has 0 spiro atoms. The molecule has 0 saturated carbocycles. The Kier molecular flexibility index (Phi) is 6.44. The van der Waals surface area contributed by atoms with Gasteiger partial charge in [0.15, 0.2) is 4.34 Å². The lowest BCUT2D eigenvalue weighted by Crippen LogP contribution is -2.19. The number of carbonyl (C=O) groups excluding carboxylic acids is 2. The van der Waals surface area contributed by atoms with E-state index in [9.17, 15) is 14.0 Å². The van der Waals surface area contributed by atoms with Gasteiger partial charge in [-0.05, 0) is 54.6 Å². The van der Waals surface area contributed by atoms with Crippen molar-refractivity contribution in [1.82, 2.24) is 4.98 Å². The molecule has 0 aliphatic carbocycles. The van der Waals surface area contributed by atoms with Crippen molar-refractivity contribution in [1.29, 1.82) is 0 Å². The summed E-state index contributed by atoms with van der Waals surface area (Å²) in [6.45, 7) is 0. The molecule has 3 aromatic carbocycles. The van der Waals surface area contributed by atoms with E-state index in [1.165, 1.54) is 47.4 Å². The van der Waals surface area contributed by atoms with Gasteiger partial charge < -0.3 is 16.0 Å². The SMILES string of the molecule is O=C(CSc1nc2ccc(NC(=O)Nc3ccccc3)cc2s1)Nc1ccc(F)cc1. The van der Waals surface area contributed by atoms with Crippen LogP contribution in [0.4, 0.5) is 26.2 Å².